The second-order valence-electron chi connectivity index (χ2n) is 4.78. The Morgan fingerprint density at radius 3 is 2.25 bits per heavy atom. The number of pyridine rings is 1. The first kappa shape index (κ1) is 18.2. The van der Waals surface area contributed by atoms with Crippen LogP contribution in [0.1, 0.15) is 5.56 Å². The van der Waals surface area contributed by atoms with Crippen LogP contribution >= 0.6 is 0 Å². The summed E-state index contributed by atoms with van der Waals surface area (Å²) >= 11 is 0. The number of rotatable bonds is 4. The number of hydrogen-bond donors (Lipinski definition) is 1. The van der Waals surface area contributed by atoms with Crippen molar-refractivity contribution in [3.63, 3.8) is 0 Å². The minimum Gasteiger partial charge on any atom is -0.278 e. The summed E-state index contributed by atoms with van der Waals surface area (Å²) in [5.74, 6) is 0. The molecule has 0 aliphatic carbocycles. The average Bonchev–Trinajstić information content (AvgIpc) is 2.45. The van der Waals surface area contributed by atoms with Gasteiger partial charge in [-0.25, -0.2) is 16.8 Å². The fourth-order valence-electron chi connectivity index (χ4n) is 1.80. The highest BCUT2D eigenvalue weighted by Gasteiger charge is 2.32. The van der Waals surface area contributed by atoms with Crippen LogP contribution in [0.5, 0.6) is 0 Å². The van der Waals surface area contributed by atoms with Gasteiger partial charge >= 0.3 is 6.18 Å². The molecule has 1 N–H and O–H groups in total. The summed E-state index contributed by atoms with van der Waals surface area (Å²) in [6.45, 7) is 0. The van der Waals surface area contributed by atoms with Crippen LogP contribution in [0.2, 0.25) is 0 Å². The largest absolute Gasteiger partial charge is 0.417 e. The van der Waals surface area contributed by atoms with Crippen molar-refractivity contribution in [2.24, 2.45) is 0 Å². The van der Waals surface area contributed by atoms with E-state index in [4.69, 9.17) is 0 Å². The Labute approximate surface area is 136 Å². The summed E-state index contributed by atoms with van der Waals surface area (Å²) < 4.78 is 87.8. The molecule has 0 radical (unpaired) electrons. The van der Waals surface area contributed by atoms with Crippen molar-refractivity contribution in [2.75, 3.05) is 11.0 Å². The minimum absolute atomic E-state index is 0.266. The molecular formula is C13H11F3N2O4S2. The van der Waals surface area contributed by atoms with Gasteiger partial charge in [0, 0.05) is 18.6 Å². The quantitative estimate of drug-likeness (QED) is 0.879. The highest BCUT2D eigenvalue weighted by Crippen LogP contribution is 2.30. The number of nitrogens with zero attached hydrogens (tertiary/aromatic N) is 1. The van der Waals surface area contributed by atoms with Crippen molar-refractivity contribution >= 4 is 25.5 Å². The summed E-state index contributed by atoms with van der Waals surface area (Å²) in [4.78, 5) is 2.24. The maximum Gasteiger partial charge on any atom is 0.417 e. The second kappa shape index (κ2) is 6.06. The van der Waals surface area contributed by atoms with Gasteiger partial charge in [0.1, 0.15) is 4.90 Å². The Morgan fingerprint density at radius 2 is 1.67 bits per heavy atom. The SMILES string of the molecule is CS(=O)(=O)c1ccccc1NS(=O)(=O)c1cncc(C(F)(F)F)c1. The van der Waals surface area contributed by atoms with Gasteiger partial charge in [-0.05, 0) is 18.2 Å². The molecule has 2 aromatic rings. The van der Waals surface area contributed by atoms with Gasteiger partial charge in [0.2, 0.25) is 0 Å². The molecule has 0 saturated heterocycles. The molecule has 1 aromatic heterocycles. The Balaban J connectivity index is 2.48. The predicted molar refractivity (Wildman–Crippen MR) is 79.6 cm³/mol. The van der Waals surface area contributed by atoms with Crippen LogP contribution in [-0.2, 0) is 26.0 Å². The van der Waals surface area contributed by atoms with Gasteiger partial charge in [-0.1, -0.05) is 12.1 Å². The van der Waals surface area contributed by atoms with E-state index in [1.54, 1.807) is 0 Å². The van der Waals surface area contributed by atoms with Crippen LogP contribution in [0, 0.1) is 0 Å². The van der Waals surface area contributed by atoms with Crippen LogP contribution in [0.25, 0.3) is 0 Å². The monoisotopic (exact) mass is 380 g/mol. The third-order valence-electron chi connectivity index (χ3n) is 2.88. The lowest BCUT2D eigenvalue weighted by Crippen LogP contribution is -2.17. The van der Waals surface area contributed by atoms with Crippen molar-refractivity contribution < 1.29 is 30.0 Å². The van der Waals surface area contributed by atoms with Gasteiger partial charge in [0.05, 0.1) is 16.1 Å². The van der Waals surface area contributed by atoms with Crippen molar-refractivity contribution in [1.29, 1.82) is 0 Å². The molecule has 0 saturated carbocycles. The molecule has 0 spiro atoms. The van der Waals surface area contributed by atoms with E-state index < -0.39 is 36.5 Å². The molecule has 0 bridgehead atoms. The number of alkyl halides is 3. The highest BCUT2D eigenvalue weighted by atomic mass is 32.2. The standard InChI is InChI=1S/C13H11F3N2O4S2/c1-23(19,20)12-5-3-2-4-11(12)18-24(21,22)10-6-9(7-17-8-10)13(14,15)16/h2-8,18H,1H3. The Bertz CT molecular complexity index is 971. The number of nitrogens with one attached hydrogen (secondary N) is 1. The van der Waals surface area contributed by atoms with Gasteiger partial charge in [0.25, 0.3) is 10.0 Å². The van der Waals surface area contributed by atoms with Crippen LogP contribution in [0.3, 0.4) is 0 Å². The maximum atomic E-state index is 12.7. The molecule has 2 rings (SSSR count). The van der Waals surface area contributed by atoms with E-state index in [9.17, 15) is 30.0 Å². The van der Waals surface area contributed by atoms with Crippen molar-refractivity contribution in [2.45, 2.75) is 16.0 Å². The zero-order chi connectivity index (χ0) is 18.2. The molecule has 0 atom stereocenters. The Kier molecular flexibility index (Phi) is 4.59. The zero-order valence-corrected chi connectivity index (χ0v) is 13.7. The molecule has 0 unspecified atom stereocenters. The lowest BCUT2D eigenvalue weighted by Gasteiger charge is -2.12. The lowest BCUT2D eigenvalue weighted by molar-refractivity contribution is -0.138. The molecule has 0 amide bonds. The predicted octanol–water partition coefficient (Wildman–Crippen LogP) is 2.30. The minimum atomic E-state index is -4.76. The molecule has 0 fully saturated rings. The molecular weight excluding hydrogens is 369 g/mol. The number of benzene rings is 1. The first-order chi connectivity index (χ1) is 10.9. The van der Waals surface area contributed by atoms with Crippen molar-refractivity contribution in [3.05, 3.63) is 48.3 Å². The number of sulfone groups is 1. The Hall–Kier alpha value is -2.14. The molecule has 24 heavy (non-hydrogen) atoms. The second-order valence-corrected chi connectivity index (χ2v) is 8.45. The normalized spacial score (nSPS) is 12.8. The molecule has 6 nitrogen and oxygen atoms in total. The van der Waals surface area contributed by atoms with Gasteiger partial charge in [-0.15, -0.1) is 0 Å². The Morgan fingerprint density at radius 1 is 1.04 bits per heavy atom. The van der Waals surface area contributed by atoms with Crippen LogP contribution in [0.15, 0.2) is 52.5 Å². The summed E-state index contributed by atoms with van der Waals surface area (Å²) in [5, 5.41) is 0. The number of halogens is 3. The smallest absolute Gasteiger partial charge is 0.278 e. The maximum absolute atomic E-state index is 12.7. The van der Waals surface area contributed by atoms with E-state index in [2.05, 4.69) is 4.98 Å². The highest BCUT2D eigenvalue weighted by molar-refractivity contribution is 7.93. The third kappa shape index (κ3) is 4.03. The molecule has 11 heteroatoms. The number of hydrogen-bond acceptors (Lipinski definition) is 5. The number of sulfonamides is 1. The van der Waals surface area contributed by atoms with E-state index in [1.165, 1.54) is 24.3 Å². The van der Waals surface area contributed by atoms with Crippen molar-refractivity contribution in [3.8, 4) is 0 Å². The third-order valence-corrected chi connectivity index (χ3v) is 5.37. The van der Waals surface area contributed by atoms with Gasteiger partial charge < -0.3 is 0 Å². The first-order valence-corrected chi connectivity index (χ1v) is 9.63. The van der Waals surface area contributed by atoms with Gasteiger partial charge in [-0.2, -0.15) is 13.2 Å². The summed E-state index contributed by atoms with van der Waals surface area (Å²) in [7, 11) is -8.20. The lowest BCUT2D eigenvalue weighted by atomic mass is 10.3. The fraction of sp³-hybridized carbons (Fsp3) is 0.154. The molecule has 130 valence electrons. The molecule has 0 aliphatic rings. The summed E-state index contributed by atoms with van der Waals surface area (Å²) in [6, 6.07) is 5.56. The van der Waals surface area contributed by atoms with Crippen LogP contribution in [0.4, 0.5) is 18.9 Å². The number of anilines is 1. The molecule has 0 aliphatic heterocycles. The van der Waals surface area contributed by atoms with Gasteiger partial charge in [0.15, 0.2) is 9.84 Å². The average molecular weight is 380 g/mol. The summed E-state index contributed by atoms with van der Waals surface area (Å²) in [5.41, 5.74) is -1.50. The van der Waals surface area contributed by atoms with E-state index in [0.717, 1.165) is 12.5 Å². The first-order valence-electron chi connectivity index (χ1n) is 6.25. The topological polar surface area (TPSA) is 93.2 Å². The van der Waals surface area contributed by atoms with Crippen LogP contribution in [-0.4, -0.2) is 28.1 Å². The van der Waals surface area contributed by atoms with E-state index in [1.807, 2.05) is 4.72 Å². The zero-order valence-electron chi connectivity index (χ0n) is 12.1. The summed E-state index contributed by atoms with van der Waals surface area (Å²) in [6.07, 6.45) is -2.65. The molecule has 1 aromatic carbocycles. The van der Waals surface area contributed by atoms with Crippen LogP contribution < -0.4 is 4.72 Å². The fourth-order valence-corrected chi connectivity index (χ4v) is 3.77. The number of aromatic nitrogens is 1. The molecule has 1 heterocycles. The van der Waals surface area contributed by atoms with E-state index >= 15 is 0 Å². The van der Waals surface area contributed by atoms with Gasteiger partial charge in [-0.3, -0.25) is 9.71 Å². The van der Waals surface area contributed by atoms with E-state index in [0.29, 0.717) is 12.3 Å². The van der Waals surface area contributed by atoms with E-state index in [-0.39, 0.29) is 10.6 Å². The van der Waals surface area contributed by atoms with Crippen molar-refractivity contribution in [1.82, 2.24) is 4.98 Å². The number of para-hydroxylation sites is 1.